The second-order valence-corrected chi connectivity index (χ2v) is 8.33. The van der Waals surface area contributed by atoms with Gasteiger partial charge in [0.2, 0.25) is 5.91 Å². The Kier molecular flexibility index (Phi) is 5.11. The first-order chi connectivity index (χ1) is 14.7. The summed E-state index contributed by atoms with van der Waals surface area (Å²) in [5, 5.41) is 0.526. The quantitative estimate of drug-likeness (QED) is 0.599. The van der Waals surface area contributed by atoms with Gasteiger partial charge < -0.3 is 9.64 Å². The van der Waals surface area contributed by atoms with Crippen molar-refractivity contribution in [3.63, 3.8) is 0 Å². The van der Waals surface area contributed by atoms with Crippen LogP contribution in [0.15, 0.2) is 54.7 Å². The first kappa shape index (κ1) is 19.0. The van der Waals surface area contributed by atoms with Gasteiger partial charge in [0.15, 0.2) is 0 Å². The van der Waals surface area contributed by atoms with Gasteiger partial charge >= 0.3 is 0 Å². The highest BCUT2D eigenvalue weighted by molar-refractivity contribution is 5.84. The Bertz CT molecular complexity index is 1050. The molecule has 5 heteroatoms. The summed E-state index contributed by atoms with van der Waals surface area (Å²) < 4.78 is 20.2. The maximum absolute atomic E-state index is 14.1. The number of aromatic nitrogens is 1. The van der Waals surface area contributed by atoms with E-state index in [0.29, 0.717) is 16.8 Å². The van der Waals surface area contributed by atoms with Gasteiger partial charge in [-0.25, -0.2) is 4.39 Å². The van der Waals surface area contributed by atoms with E-state index in [1.165, 1.54) is 12.5 Å². The van der Waals surface area contributed by atoms with Crippen LogP contribution in [-0.2, 0) is 4.79 Å². The van der Waals surface area contributed by atoms with Crippen molar-refractivity contribution in [1.82, 2.24) is 9.88 Å². The molecule has 2 aliphatic rings. The van der Waals surface area contributed by atoms with Gasteiger partial charge in [-0.2, -0.15) is 0 Å². The molecule has 2 aromatic carbocycles. The summed E-state index contributed by atoms with van der Waals surface area (Å²) in [5.41, 5.74) is 2.50. The minimum absolute atomic E-state index is 0.137. The van der Waals surface area contributed by atoms with E-state index in [9.17, 15) is 9.18 Å². The lowest BCUT2D eigenvalue weighted by atomic mass is 9.84. The van der Waals surface area contributed by atoms with Crippen LogP contribution in [0.25, 0.3) is 22.0 Å². The average Bonchev–Trinajstić information content (AvgIpc) is 2.74. The van der Waals surface area contributed by atoms with Crippen molar-refractivity contribution in [2.24, 2.45) is 5.92 Å². The van der Waals surface area contributed by atoms with Crippen LogP contribution in [0.1, 0.15) is 32.1 Å². The molecular weight excluding hydrogens is 379 g/mol. The molecule has 3 aromatic rings. The summed E-state index contributed by atoms with van der Waals surface area (Å²) in [7, 11) is 0. The number of nitrogens with zero attached hydrogens (tertiary/aromatic N) is 2. The van der Waals surface area contributed by atoms with E-state index in [4.69, 9.17) is 4.74 Å². The molecule has 4 nitrogen and oxygen atoms in total. The van der Waals surface area contributed by atoms with Gasteiger partial charge in [-0.15, -0.1) is 0 Å². The minimum Gasteiger partial charge on any atom is -0.490 e. The smallest absolute Gasteiger partial charge is 0.225 e. The van der Waals surface area contributed by atoms with Crippen LogP contribution in [0.5, 0.6) is 5.75 Å². The van der Waals surface area contributed by atoms with Crippen molar-refractivity contribution < 1.29 is 13.9 Å². The summed E-state index contributed by atoms with van der Waals surface area (Å²) in [4.78, 5) is 18.8. The number of pyridine rings is 1. The van der Waals surface area contributed by atoms with Crippen molar-refractivity contribution in [3.8, 4) is 16.9 Å². The van der Waals surface area contributed by atoms with Gasteiger partial charge in [-0.1, -0.05) is 24.6 Å². The van der Waals surface area contributed by atoms with Gasteiger partial charge in [0.1, 0.15) is 17.7 Å². The van der Waals surface area contributed by atoms with E-state index in [0.717, 1.165) is 55.6 Å². The largest absolute Gasteiger partial charge is 0.490 e. The van der Waals surface area contributed by atoms with E-state index in [-0.39, 0.29) is 17.8 Å². The number of rotatable bonds is 4. The molecule has 5 rings (SSSR count). The highest BCUT2D eigenvalue weighted by Gasteiger charge is 2.32. The normalized spacial score (nSPS) is 17.7. The number of ether oxygens (including phenoxy) is 1. The molecule has 1 saturated carbocycles. The van der Waals surface area contributed by atoms with Gasteiger partial charge in [0.25, 0.3) is 0 Å². The zero-order valence-corrected chi connectivity index (χ0v) is 16.9. The molecule has 1 saturated heterocycles. The highest BCUT2D eigenvalue weighted by atomic mass is 19.1. The maximum atomic E-state index is 14.1. The molecule has 0 N–H and O–H groups in total. The fourth-order valence-corrected chi connectivity index (χ4v) is 4.30. The van der Waals surface area contributed by atoms with Crippen LogP contribution in [-0.4, -0.2) is 35.0 Å². The van der Waals surface area contributed by atoms with Crippen LogP contribution in [0, 0.1) is 11.7 Å². The third-order valence-electron chi connectivity index (χ3n) is 6.37. The lowest BCUT2D eigenvalue weighted by molar-refractivity contribution is -0.140. The molecule has 1 amide bonds. The Hall–Kier alpha value is -2.95. The second-order valence-electron chi connectivity index (χ2n) is 8.33. The van der Waals surface area contributed by atoms with E-state index in [1.807, 2.05) is 41.3 Å². The molecule has 0 radical (unpaired) electrons. The summed E-state index contributed by atoms with van der Waals surface area (Å²) in [5.74, 6) is 1.17. The fourth-order valence-electron chi connectivity index (χ4n) is 4.30. The van der Waals surface area contributed by atoms with Gasteiger partial charge in [-0.05, 0) is 48.7 Å². The Labute approximate surface area is 175 Å². The number of fused-ring (bicyclic) bond motifs is 1. The highest BCUT2D eigenvalue weighted by Crippen LogP contribution is 2.30. The lowest BCUT2D eigenvalue weighted by Crippen LogP contribution is -2.45. The van der Waals surface area contributed by atoms with Crippen molar-refractivity contribution in [1.29, 1.82) is 0 Å². The number of benzene rings is 2. The fraction of sp³-hybridized carbons (Fsp3) is 0.360. The predicted molar refractivity (Wildman–Crippen MR) is 115 cm³/mol. The van der Waals surface area contributed by atoms with Crippen LogP contribution in [0.4, 0.5) is 4.39 Å². The van der Waals surface area contributed by atoms with Crippen molar-refractivity contribution in [2.45, 2.75) is 38.2 Å². The molecule has 0 atom stereocenters. The average molecular weight is 404 g/mol. The molecule has 30 heavy (non-hydrogen) atoms. The molecular formula is C25H25FN2O2. The number of piperidine rings is 1. The van der Waals surface area contributed by atoms with Crippen molar-refractivity contribution >= 4 is 16.8 Å². The van der Waals surface area contributed by atoms with Crippen LogP contribution >= 0.6 is 0 Å². The number of hydrogen-bond donors (Lipinski definition) is 0. The number of amides is 1. The third-order valence-corrected chi connectivity index (χ3v) is 6.37. The van der Waals surface area contributed by atoms with Gasteiger partial charge in [0.05, 0.1) is 5.52 Å². The Morgan fingerprint density at radius 1 is 1.00 bits per heavy atom. The monoisotopic (exact) mass is 404 g/mol. The first-order valence-electron chi connectivity index (χ1n) is 10.8. The summed E-state index contributed by atoms with van der Waals surface area (Å²) in [6, 6.07) is 14.6. The molecule has 1 aliphatic heterocycles. The van der Waals surface area contributed by atoms with Crippen molar-refractivity contribution in [2.75, 3.05) is 13.1 Å². The first-order valence-corrected chi connectivity index (χ1v) is 10.8. The number of likely N-dealkylation sites (tertiary alicyclic amines) is 1. The maximum Gasteiger partial charge on any atom is 0.225 e. The van der Waals surface area contributed by atoms with Crippen LogP contribution in [0.2, 0.25) is 0 Å². The number of carbonyl (C=O) groups excluding carboxylic acids is 1. The van der Waals surface area contributed by atoms with Gasteiger partial charge in [0, 0.05) is 49.0 Å². The Balaban J connectivity index is 1.22. The number of hydrogen-bond acceptors (Lipinski definition) is 3. The van der Waals surface area contributed by atoms with E-state index in [1.54, 1.807) is 12.3 Å². The standard InChI is InChI=1S/C25H25FN2O2/c26-23-5-2-6-24-22(23)15-19(16-27-24)17-7-9-20(10-8-17)30-21-11-13-28(14-12-21)25(29)18-3-1-4-18/h2,5-10,15-16,18,21H,1,3-4,11-14H2. The third kappa shape index (κ3) is 3.76. The van der Waals surface area contributed by atoms with E-state index in [2.05, 4.69) is 4.98 Å². The SMILES string of the molecule is O=C(C1CCC1)N1CCC(Oc2ccc(-c3cnc4cccc(F)c4c3)cc2)CC1. The van der Waals surface area contributed by atoms with Crippen LogP contribution < -0.4 is 4.74 Å². The second kappa shape index (κ2) is 8.05. The predicted octanol–water partition coefficient (Wildman–Crippen LogP) is 5.21. The molecule has 0 spiro atoms. The van der Waals surface area contributed by atoms with Crippen LogP contribution in [0.3, 0.4) is 0 Å². The topological polar surface area (TPSA) is 42.4 Å². The molecule has 1 aromatic heterocycles. The Morgan fingerprint density at radius 3 is 2.47 bits per heavy atom. The summed E-state index contributed by atoms with van der Waals surface area (Å²) in [6.45, 7) is 1.57. The zero-order valence-electron chi connectivity index (χ0n) is 16.9. The molecule has 2 fully saturated rings. The molecule has 1 aliphatic carbocycles. The van der Waals surface area contributed by atoms with Crippen molar-refractivity contribution in [3.05, 3.63) is 60.5 Å². The summed E-state index contributed by atoms with van der Waals surface area (Å²) in [6.07, 6.45) is 6.95. The molecule has 2 heterocycles. The van der Waals surface area contributed by atoms with E-state index < -0.39 is 0 Å². The summed E-state index contributed by atoms with van der Waals surface area (Å²) >= 11 is 0. The minimum atomic E-state index is -0.260. The van der Waals surface area contributed by atoms with E-state index >= 15 is 0 Å². The number of halogens is 1. The zero-order chi connectivity index (χ0) is 20.5. The molecule has 154 valence electrons. The van der Waals surface area contributed by atoms with Gasteiger partial charge in [-0.3, -0.25) is 9.78 Å². The molecule has 0 unspecified atom stereocenters. The number of carbonyl (C=O) groups is 1. The Morgan fingerprint density at radius 2 is 1.77 bits per heavy atom. The molecule has 0 bridgehead atoms. The lowest BCUT2D eigenvalue weighted by Gasteiger charge is -2.36.